The molecule has 230 valence electrons. The topological polar surface area (TPSA) is 114 Å². The van der Waals surface area contributed by atoms with Gasteiger partial charge >= 0.3 is 23.9 Å². The lowest BCUT2D eigenvalue weighted by molar-refractivity contribution is -0.254. The quantitative estimate of drug-likeness (QED) is 0.183. The van der Waals surface area contributed by atoms with E-state index in [0.717, 1.165) is 22.3 Å². The Bertz CT molecular complexity index is 1400. The van der Waals surface area contributed by atoms with Crippen molar-refractivity contribution in [1.82, 2.24) is 0 Å². The van der Waals surface area contributed by atoms with Crippen LogP contribution in [0.5, 0.6) is 0 Å². The minimum atomic E-state index is -1.48. The lowest BCUT2D eigenvalue weighted by Gasteiger charge is -2.44. The number of carbonyl (C=O) groups excluding carboxylic acids is 4. The highest BCUT2D eigenvalue weighted by molar-refractivity contribution is 6.83. The molecule has 1 saturated heterocycles. The van der Waals surface area contributed by atoms with Gasteiger partial charge in [-0.3, -0.25) is 19.2 Å². The van der Waals surface area contributed by atoms with E-state index in [-0.39, 0.29) is 6.61 Å². The summed E-state index contributed by atoms with van der Waals surface area (Å²) in [5.41, 5.74) is 8.12. The van der Waals surface area contributed by atoms with Crippen LogP contribution in [0.25, 0.3) is 0 Å². The van der Waals surface area contributed by atoms with Crippen molar-refractivity contribution in [1.29, 1.82) is 0 Å². The Hall–Kier alpha value is -3.94. The molecule has 3 rings (SSSR count). The van der Waals surface area contributed by atoms with Gasteiger partial charge < -0.3 is 23.7 Å². The Morgan fingerprint density at radius 2 is 1.37 bits per heavy atom. The van der Waals surface area contributed by atoms with Crippen LogP contribution in [0.2, 0.25) is 19.6 Å². The minimum Gasteiger partial charge on any atom is -0.463 e. The van der Waals surface area contributed by atoms with Crippen LogP contribution >= 0.6 is 0 Å². The first-order valence-electron chi connectivity index (χ1n) is 14.1. The molecule has 2 aromatic carbocycles. The van der Waals surface area contributed by atoms with E-state index >= 15 is 0 Å². The van der Waals surface area contributed by atoms with E-state index in [4.69, 9.17) is 23.7 Å². The number of rotatable bonds is 8. The van der Waals surface area contributed by atoms with E-state index in [2.05, 4.69) is 43.2 Å². The summed E-state index contributed by atoms with van der Waals surface area (Å²) < 4.78 is 28.3. The van der Waals surface area contributed by atoms with Crippen molar-refractivity contribution in [3.8, 4) is 11.5 Å². The summed E-state index contributed by atoms with van der Waals surface area (Å²) in [6.45, 7) is 13.2. The molecule has 1 aliphatic rings. The first kappa shape index (κ1) is 33.6. The third-order valence-electron chi connectivity index (χ3n) is 6.62. The van der Waals surface area contributed by atoms with Gasteiger partial charge in [0.15, 0.2) is 18.3 Å². The monoisotopic (exact) mass is 608 g/mol. The fourth-order valence-electron chi connectivity index (χ4n) is 4.74. The molecule has 0 radical (unpaired) electrons. The molecule has 0 aliphatic carbocycles. The van der Waals surface area contributed by atoms with Crippen LogP contribution < -0.4 is 0 Å². The Kier molecular flexibility index (Phi) is 11.3. The van der Waals surface area contributed by atoms with Gasteiger partial charge in [0.1, 0.15) is 26.9 Å². The summed E-state index contributed by atoms with van der Waals surface area (Å²) in [5.74, 6) is 0.719. The summed E-state index contributed by atoms with van der Waals surface area (Å²) in [4.78, 5) is 48.1. The molecule has 5 atom stereocenters. The maximum Gasteiger partial charge on any atom is 0.303 e. The van der Waals surface area contributed by atoms with E-state index < -0.39 is 62.5 Å². The second kappa shape index (κ2) is 14.5. The molecule has 0 unspecified atom stereocenters. The number of hydrogen-bond donors (Lipinski definition) is 0. The number of esters is 4. The van der Waals surface area contributed by atoms with Gasteiger partial charge in [0.05, 0.1) is 0 Å². The van der Waals surface area contributed by atoms with Crippen LogP contribution in [0.15, 0.2) is 42.5 Å². The van der Waals surface area contributed by atoms with Crippen molar-refractivity contribution in [3.05, 3.63) is 70.3 Å². The van der Waals surface area contributed by atoms with Crippen LogP contribution in [0.3, 0.4) is 0 Å². The Morgan fingerprint density at radius 1 is 0.791 bits per heavy atom. The fraction of sp³-hybridized carbons (Fsp3) is 0.455. The summed E-state index contributed by atoms with van der Waals surface area (Å²) in [5, 5.41) is 0. The average molecular weight is 609 g/mol. The van der Waals surface area contributed by atoms with Crippen molar-refractivity contribution < 1.29 is 42.9 Å². The zero-order valence-electron chi connectivity index (χ0n) is 26.0. The molecule has 2 aromatic rings. The van der Waals surface area contributed by atoms with Gasteiger partial charge in [-0.1, -0.05) is 55.9 Å². The average Bonchev–Trinajstić information content (AvgIpc) is 2.89. The standard InChI is InChI=1S/C33H40O9Si/c1-20-9-14-27(18-28(20)17-26-12-10-25(11-13-26)15-16-43(6,7)8)30-32(40-23(4)36)33(41-24(5)37)31(39-22(3)35)29(42-30)19-38-21(2)34/h9-14,18,29-33H,17,19H2,1-8H3/t29-,30+,31-,32+,33+/m1/s1. The molecule has 9 nitrogen and oxygen atoms in total. The van der Waals surface area contributed by atoms with Crippen molar-refractivity contribution in [2.75, 3.05) is 6.61 Å². The van der Waals surface area contributed by atoms with E-state index in [1.807, 2.05) is 37.3 Å². The molecular formula is C33H40O9Si. The summed E-state index contributed by atoms with van der Waals surface area (Å²) >= 11 is 0. The molecule has 0 amide bonds. The number of ether oxygens (including phenoxy) is 5. The predicted octanol–water partition coefficient (Wildman–Crippen LogP) is 4.61. The SMILES string of the molecule is CC(=O)OC[C@H]1O[C@@H](c2ccc(C)c(Cc3ccc(C#C[Si](C)(C)C)cc3)c2)[C@H](OC(C)=O)[C@@H](OC(C)=O)[C@@H]1OC(C)=O. The van der Waals surface area contributed by atoms with Crippen LogP contribution in [0, 0.1) is 18.4 Å². The molecule has 1 fully saturated rings. The first-order valence-corrected chi connectivity index (χ1v) is 17.6. The molecule has 43 heavy (non-hydrogen) atoms. The lowest BCUT2D eigenvalue weighted by Crippen LogP contribution is -2.59. The van der Waals surface area contributed by atoms with Crippen molar-refractivity contribution in [3.63, 3.8) is 0 Å². The third kappa shape index (κ3) is 10.1. The molecule has 0 bridgehead atoms. The minimum absolute atomic E-state index is 0.278. The molecule has 0 aromatic heterocycles. The summed E-state index contributed by atoms with van der Waals surface area (Å²) in [6, 6.07) is 13.9. The van der Waals surface area contributed by atoms with Crippen molar-refractivity contribution in [2.24, 2.45) is 0 Å². The highest BCUT2D eigenvalue weighted by Crippen LogP contribution is 2.38. The van der Waals surface area contributed by atoms with Crippen molar-refractivity contribution >= 4 is 32.0 Å². The lowest BCUT2D eigenvalue weighted by atomic mass is 9.88. The van der Waals surface area contributed by atoms with Crippen LogP contribution in [-0.2, 0) is 49.3 Å². The Balaban J connectivity index is 2.01. The van der Waals surface area contributed by atoms with E-state index in [9.17, 15) is 19.2 Å². The third-order valence-corrected chi connectivity index (χ3v) is 7.50. The second-order valence-corrected chi connectivity index (χ2v) is 16.4. The van der Waals surface area contributed by atoms with Crippen LogP contribution in [0.4, 0.5) is 0 Å². The van der Waals surface area contributed by atoms with E-state index in [0.29, 0.717) is 12.0 Å². The van der Waals surface area contributed by atoms with E-state index in [1.165, 1.54) is 27.7 Å². The maximum absolute atomic E-state index is 12.2. The zero-order valence-corrected chi connectivity index (χ0v) is 27.0. The van der Waals surface area contributed by atoms with Gasteiger partial charge in [-0.25, -0.2) is 0 Å². The largest absolute Gasteiger partial charge is 0.463 e. The molecule has 0 saturated carbocycles. The van der Waals surface area contributed by atoms with Gasteiger partial charge in [-0.2, -0.15) is 0 Å². The first-order chi connectivity index (χ1) is 20.1. The normalized spacial score (nSPS) is 21.5. The van der Waals surface area contributed by atoms with Gasteiger partial charge in [0.2, 0.25) is 0 Å². The van der Waals surface area contributed by atoms with Gasteiger partial charge in [-0.05, 0) is 47.7 Å². The molecule has 1 aliphatic heterocycles. The zero-order chi connectivity index (χ0) is 31.9. The van der Waals surface area contributed by atoms with E-state index in [1.54, 1.807) is 0 Å². The molecule has 10 heteroatoms. The van der Waals surface area contributed by atoms with Crippen molar-refractivity contribution in [2.45, 2.75) is 91.2 Å². The number of benzene rings is 2. The highest BCUT2D eigenvalue weighted by atomic mass is 28.3. The van der Waals surface area contributed by atoms with Gasteiger partial charge in [0.25, 0.3) is 0 Å². The fourth-order valence-corrected chi connectivity index (χ4v) is 5.26. The second-order valence-electron chi connectivity index (χ2n) is 11.7. The predicted molar refractivity (Wildman–Crippen MR) is 162 cm³/mol. The Morgan fingerprint density at radius 3 is 1.93 bits per heavy atom. The summed E-state index contributed by atoms with van der Waals surface area (Å²) in [6.07, 6.45) is -4.90. The number of hydrogen-bond acceptors (Lipinski definition) is 9. The molecule has 0 spiro atoms. The summed E-state index contributed by atoms with van der Waals surface area (Å²) in [7, 11) is -1.48. The number of carbonyl (C=O) groups is 4. The molecular weight excluding hydrogens is 568 g/mol. The van der Waals surface area contributed by atoms with Gasteiger partial charge in [-0.15, -0.1) is 5.54 Å². The van der Waals surface area contributed by atoms with Crippen LogP contribution in [0.1, 0.15) is 61.6 Å². The van der Waals surface area contributed by atoms with Crippen LogP contribution in [-0.4, -0.2) is 63.0 Å². The highest BCUT2D eigenvalue weighted by Gasteiger charge is 2.52. The molecule has 0 N–H and O–H groups in total. The number of aryl methyl sites for hydroxylation is 1. The molecule has 1 heterocycles. The maximum atomic E-state index is 12.2. The Labute approximate surface area is 254 Å². The smallest absolute Gasteiger partial charge is 0.303 e. The van der Waals surface area contributed by atoms with Gasteiger partial charge in [0, 0.05) is 33.3 Å².